The van der Waals surface area contributed by atoms with Gasteiger partial charge in [-0.1, -0.05) is 80.4 Å². The monoisotopic (exact) mass is 352 g/mol. The Morgan fingerprint density at radius 1 is 0.741 bits per heavy atom. The number of ether oxygens (including phenoxy) is 1. The molecule has 2 nitrogen and oxygen atoms in total. The third-order valence-electron chi connectivity index (χ3n) is 4.32. The molecular weight excluding hydrogens is 332 g/mol. The van der Waals surface area contributed by atoms with E-state index in [1.165, 1.54) is 0 Å². The second kappa shape index (κ2) is 8.15. The third kappa shape index (κ3) is 3.96. The van der Waals surface area contributed by atoms with Crippen molar-refractivity contribution in [2.24, 2.45) is 0 Å². The van der Waals surface area contributed by atoms with E-state index in [1.807, 2.05) is 48.5 Å². The van der Waals surface area contributed by atoms with Gasteiger partial charge in [0.1, 0.15) is 5.75 Å². The van der Waals surface area contributed by atoms with Crippen LogP contribution in [0.1, 0.15) is 27.0 Å². The van der Waals surface area contributed by atoms with E-state index in [9.17, 15) is 4.79 Å². The first-order valence-electron chi connectivity index (χ1n) is 8.59. The average Bonchev–Trinajstić information content (AvgIpc) is 2.73. The van der Waals surface area contributed by atoms with Gasteiger partial charge < -0.3 is 4.74 Å². The topological polar surface area (TPSA) is 26.3 Å². The van der Waals surface area contributed by atoms with Gasteiger partial charge in [0.25, 0.3) is 0 Å². The van der Waals surface area contributed by atoms with Crippen molar-refractivity contribution in [3.63, 3.8) is 0 Å². The minimum Gasteiger partial charge on any atom is -0.423 e. The van der Waals surface area contributed by atoms with Gasteiger partial charge in [-0.2, -0.15) is 0 Å². The zero-order valence-corrected chi connectivity index (χ0v) is 15.0. The number of carbonyl (C=O) groups is 1. The van der Waals surface area contributed by atoms with E-state index in [0.29, 0.717) is 11.3 Å². The molecule has 3 rings (SSSR count). The van der Waals surface area contributed by atoms with E-state index in [4.69, 9.17) is 4.74 Å². The van der Waals surface area contributed by atoms with Gasteiger partial charge >= 0.3 is 5.97 Å². The number of hydrogen-bond donors (Lipinski definition) is 0. The average molecular weight is 352 g/mol. The lowest BCUT2D eigenvalue weighted by Gasteiger charge is -2.09. The van der Waals surface area contributed by atoms with Crippen molar-refractivity contribution in [2.75, 3.05) is 0 Å². The first-order chi connectivity index (χ1) is 13.2. The number of hydrogen-bond acceptors (Lipinski definition) is 2. The Hall–Kier alpha value is -3.65. The largest absolute Gasteiger partial charge is 0.423 e. The summed E-state index contributed by atoms with van der Waals surface area (Å²) in [5.41, 5.74) is 5.41. The van der Waals surface area contributed by atoms with Crippen LogP contribution < -0.4 is 4.74 Å². The van der Waals surface area contributed by atoms with Gasteiger partial charge in [0, 0.05) is 0 Å². The minimum atomic E-state index is -0.409. The van der Waals surface area contributed by atoms with Gasteiger partial charge in [0.15, 0.2) is 0 Å². The molecule has 2 heteroatoms. The van der Waals surface area contributed by atoms with E-state index in [2.05, 4.69) is 19.7 Å². The van der Waals surface area contributed by atoms with Gasteiger partial charge in [-0.15, -0.1) is 0 Å². The molecule has 0 saturated heterocycles. The molecule has 0 aliphatic heterocycles. The zero-order valence-electron chi connectivity index (χ0n) is 15.0. The van der Waals surface area contributed by atoms with E-state index < -0.39 is 5.97 Å². The summed E-state index contributed by atoms with van der Waals surface area (Å²) in [5.74, 6) is 0.0840. The van der Waals surface area contributed by atoms with Crippen LogP contribution in [-0.2, 0) is 0 Å². The lowest BCUT2D eigenvalue weighted by Crippen LogP contribution is -2.08. The second-order valence-electron chi connectivity index (χ2n) is 5.96. The molecule has 0 spiro atoms. The third-order valence-corrected chi connectivity index (χ3v) is 4.32. The maximum absolute atomic E-state index is 12.4. The molecule has 27 heavy (non-hydrogen) atoms. The summed E-state index contributed by atoms with van der Waals surface area (Å²) in [6.45, 7) is 11.4. The molecule has 132 valence electrons. The first kappa shape index (κ1) is 18.2. The zero-order chi connectivity index (χ0) is 19.2. The van der Waals surface area contributed by atoms with Crippen molar-refractivity contribution in [1.82, 2.24) is 0 Å². The van der Waals surface area contributed by atoms with E-state index in [1.54, 1.807) is 36.4 Å². The molecule has 0 aliphatic carbocycles. The van der Waals surface area contributed by atoms with Gasteiger partial charge in [0.05, 0.1) is 5.56 Å². The Bertz CT molecular complexity index is 1010. The highest BCUT2D eigenvalue weighted by molar-refractivity contribution is 5.92. The molecular formula is C25H20O2. The minimum absolute atomic E-state index is 0.409. The maximum atomic E-state index is 12.4. The summed E-state index contributed by atoms with van der Waals surface area (Å²) in [7, 11) is 0. The van der Waals surface area contributed by atoms with Crippen LogP contribution in [0.25, 0.3) is 29.4 Å². The van der Waals surface area contributed by atoms with Crippen LogP contribution in [0.3, 0.4) is 0 Å². The summed E-state index contributed by atoms with van der Waals surface area (Å²) in [6, 6.07) is 20.8. The molecule has 0 amide bonds. The second-order valence-corrected chi connectivity index (χ2v) is 5.96. The van der Waals surface area contributed by atoms with E-state index in [0.717, 1.165) is 27.8 Å². The predicted octanol–water partition coefficient (Wildman–Crippen LogP) is 6.50. The van der Waals surface area contributed by atoms with Crippen LogP contribution in [-0.4, -0.2) is 5.97 Å². The Morgan fingerprint density at radius 2 is 1.41 bits per heavy atom. The number of esters is 1. The summed E-state index contributed by atoms with van der Waals surface area (Å²) in [6.07, 6.45) is 5.25. The molecule has 3 aromatic rings. The van der Waals surface area contributed by atoms with E-state index in [-0.39, 0.29) is 0 Å². The van der Waals surface area contributed by atoms with Crippen molar-refractivity contribution < 1.29 is 9.53 Å². The van der Waals surface area contributed by atoms with Crippen LogP contribution in [0.15, 0.2) is 86.5 Å². The van der Waals surface area contributed by atoms with Crippen LogP contribution >= 0.6 is 0 Å². The molecule has 0 fully saturated rings. The molecule has 3 aromatic carbocycles. The Balaban J connectivity index is 1.80. The number of carbonyl (C=O) groups excluding carboxylic acids is 1. The Morgan fingerprint density at radius 3 is 2.07 bits per heavy atom. The Kier molecular flexibility index (Phi) is 5.48. The molecule has 0 N–H and O–H groups in total. The molecule has 0 aromatic heterocycles. The summed E-state index contributed by atoms with van der Waals surface area (Å²) >= 11 is 0. The summed E-state index contributed by atoms with van der Waals surface area (Å²) in [4.78, 5) is 12.4. The van der Waals surface area contributed by atoms with Crippen molar-refractivity contribution in [3.05, 3.63) is 109 Å². The van der Waals surface area contributed by atoms with Gasteiger partial charge in [-0.3, -0.25) is 0 Å². The molecule has 0 saturated carbocycles. The lowest BCUT2D eigenvalue weighted by molar-refractivity contribution is 0.0735. The van der Waals surface area contributed by atoms with Gasteiger partial charge in [-0.25, -0.2) is 4.79 Å². The SMILES string of the molecule is C=Cc1ccc(C(=O)Oc2ccc(-c3ccccc3C=C)cc2)cc1C=C. The number of benzene rings is 3. The highest BCUT2D eigenvalue weighted by Crippen LogP contribution is 2.27. The molecule has 0 unspecified atom stereocenters. The molecule has 0 radical (unpaired) electrons. The maximum Gasteiger partial charge on any atom is 0.343 e. The Labute approximate surface area is 159 Å². The van der Waals surface area contributed by atoms with Crippen LogP contribution in [0.4, 0.5) is 0 Å². The quantitative estimate of drug-likeness (QED) is 0.374. The van der Waals surface area contributed by atoms with Crippen LogP contribution in [0.2, 0.25) is 0 Å². The summed E-state index contributed by atoms with van der Waals surface area (Å²) in [5, 5.41) is 0. The van der Waals surface area contributed by atoms with Gasteiger partial charge in [0.2, 0.25) is 0 Å². The van der Waals surface area contributed by atoms with Crippen molar-refractivity contribution in [1.29, 1.82) is 0 Å². The summed E-state index contributed by atoms with van der Waals surface area (Å²) < 4.78 is 5.50. The van der Waals surface area contributed by atoms with Crippen molar-refractivity contribution >= 4 is 24.2 Å². The fourth-order valence-corrected chi connectivity index (χ4v) is 2.87. The van der Waals surface area contributed by atoms with Gasteiger partial charge in [-0.05, 0) is 52.1 Å². The molecule has 0 atom stereocenters. The van der Waals surface area contributed by atoms with Crippen molar-refractivity contribution in [3.8, 4) is 16.9 Å². The van der Waals surface area contributed by atoms with E-state index >= 15 is 0 Å². The predicted molar refractivity (Wildman–Crippen MR) is 114 cm³/mol. The highest BCUT2D eigenvalue weighted by Gasteiger charge is 2.11. The normalized spacial score (nSPS) is 10.1. The standard InChI is InChI=1S/C25H20O2/c1-4-18-11-12-22(17-20(18)6-3)25(26)27-23-15-13-21(14-16-23)24-10-8-7-9-19(24)5-2/h4-17H,1-3H2. The fourth-order valence-electron chi connectivity index (χ4n) is 2.87. The highest BCUT2D eigenvalue weighted by atomic mass is 16.5. The van der Waals surface area contributed by atoms with Crippen molar-refractivity contribution in [2.45, 2.75) is 0 Å². The number of rotatable bonds is 6. The van der Waals surface area contributed by atoms with Crippen LogP contribution in [0.5, 0.6) is 5.75 Å². The first-order valence-corrected chi connectivity index (χ1v) is 8.59. The molecule has 0 bridgehead atoms. The fraction of sp³-hybridized carbons (Fsp3) is 0. The molecule has 0 heterocycles. The lowest BCUT2D eigenvalue weighted by atomic mass is 10.00. The molecule has 0 aliphatic rings. The van der Waals surface area contributed by atoms with Crippen LogP contribution in [0, 0.1) is 0 Å². The smallest absolute Gasteiger partial charge is 0.343 e.